The minimum atomic E-state index is -0.244. The van der Waals surface area contributed by atoms with Crippen LogP contribution >= 0.6 is 11.3 Å². The lowest BCUT2D eigenvalue weighted by atomic mass is 9.89. The number of piperazine rings is 1. The zero-order valence-electron chi connectivity index (χ0n) is 22.7. The van der Waals surface area contributed by atoms with Crippen LogP contribution in [-0.2, 0) is 19.3 Å². The molecule has 2 N–H and O–H groups in total. The zero-order valence-corrected chi connectivity index (χ0v) is 23.6. The Morgan fingerprint density at radius 3 is 2.59 bits per heavy atom. The molecule has 0 saturated carbocycles. The summed E-state index contributed by atoms with van der Waals surface area (Å²) in [6.07, 6.45) is 5.91. The predicted octanol–water partition coefficient (Wildman–Crippen LogP) is 5.39. The topological polar surface area (TPSA) is 79.6 Å². The number of nitrogens with one attached hydrogen (secondary N) is 1. The number of carbonyl (C=O) groups is 1. The Hall–Kier alpha value is -3.34. The molecule has 6 nitrogen and oxygen atoms in total. The molecular weight excluding hydrogens is 504 g/mol. The molecular formula is C32H38N4O2S. The quantitative estimate of drug-likeness (QED) is 0.379. The van der Waals surface area contributed by atoms with Gasteiger partial charge in [0.2, 0.25) is 0 Å². The van der Waals surface area contributed by atoms with Gasteiger partial charge in [-0.1, -0.05) is 43.7 Å². The normalized spacial score (nSPS) is 18.3. The third-order valence-corrected chi connectivity index (χ3v) is 9.75. The van der Waals surface area contributed by atoms with E-state index < -0.39 is 0 Å². The number of nitrogens with zero attached hydrogens (tertiary/aromatic N) is 3. The van der Waals surface area contributed by atoms with Gasteiger partial charge in [-0.15, -0.1) is 11.3 Å². The van der Waals surface area contributed by atoms with Crippen molar-refractivity contribution in [1.29, 1.82) is 5.26 Å². The fourth-order valence-electron chi connectivity index (χ4n) is 6.01. The molecule has 0 spiro atoms. The van der Waals surface area contributed by atoms with Gasteiger partial charge in [-0.25, -0.2) is 0 Å². The van der Waals surface area contributed by atoms with Gasteiger partial charge in [-0.05, 0) is 67.9 Å². The highest BCUT2D eigenvalue weighted by molar-refractivity contribution is 7.12. The van der Waals surface area contributed by atoms with Gasteiger partial charge in [0.1, 0.15) is 11.8 Å². The highest BCUT2D eigenvalue weighted by Gasteiger charge is 2.31. The molecule has 0 radical (unpaired) electrons. The lowest BCUT2D eigenvalue weighted by molar-refractivity contribution is 0.0943. The third kappa shape index (κ3) is 6.29. The maximum atomic E-state index is 12.5. The van der Waals surface area contributed by atoms with E-state index in [0.29, 0.717) is 24.1 Å². The summed E-state index contributed by atoms with van der Waals surface area (Å²) in [5, 5.41) is 23.0. The SMILES string of the molecule is CCC(CCc1sc2c(c1C#N)CCC(N1CCN(c3ccccc3)CC1)C2)CNC(=O)c1ccccc1O. The second-order valence-corrected chi connectivity index (χ2v) is 11.9. The first kappa shape index (κ1) is 27.2. The standard InChI is InChI=1S/C32H38N4O2S/c1-2-23(22-34-32(38)27-10-6-7-11-29(27)37)12-15-30-28(21-33)26-14-13-25(20-31(26)39-30)36-18-16-35(17-19-36)24-8-4-3-5-9-24/h3-11,23,25,37H,2,12-20,22H2,1H3,(H,34,38). The largest absolute Gasteiger partial charge is 0.507 e. The number of nitriles is 1. The Kier molecular flexibility index (Phi) is 8.85. The van der Waals surface area contributed by atoms with E-state index in [4.69, 9.17) is 0 Å². The fourth-order valence-corrected chi connectivity index (χ4v) is 7.40. The molecule has 39 heavy (non-hydrogen) atoms. The summed E-state index contributed by atoms with van der Waals surface area (Å²) in [4.78, 5) is 20.3. The summed E-state index contributed by atoms with van der Waals surface area (Å²) in [6.45, 7) is 7.00. The van der Waals surface area contributed by atoms with Crippen molar-refractivity contribution in [2.75, 3.05) is 37.6 Å². The van der Waals surface area contributed by atoms with Crippen molar-refractivity contribution in [2.45, 2.75) is 51.5 Å². The summed E-state index contributed by atoms with van der Waals surface area (Å²) >= 11 is 1.85. The average molecular weight is 543 g/mol. The van der Waals surface area contributed by atoms with Crippen molar-refractivity contribution in [3.63, 3.8) is 0 Å². The molecule has 1 fully saturated rings. The third-order valence-electron chi connectivity index (χ3n) is 8.43. The van der Waals surface area contributed by atoms with Crippen LogP contribution in [0.1, 0.15) is 57.4 Å². The van der Waals surface area contributed by atoms with E-state index >= 15 is 0 Å². The number of hydrogen-bond acceptors (Lipinski definition) is 6. The van der Waals surface area contributed by atoms with Crippen LogP contribution in [0.2, 0.25) is 0 Å². The molecule has 2 aliphatic rings. The van der Waals surface area contributed by atoms with Crippen molar-refractivity contribution in [1.82, 2.24) is 10.2 Å². The van der Waals surface area contributed by atoms with E-state index in [1.807, 2.05) is 11.3 Å². The molecule has 2 aromatic carbocycles. The second-order valence-electron chi connectivity index (χ2n) is 10.7. The number of amides is 1. The Bertz CT molecular complexity index is 1310. The molecule has 2 atom stereocenters. The molecule has 5 rings (SSSR count). The molecule has 1 aliphatic heterocycles. The summed E-state index contributed by atoms with van der Waals surface area (Å²) < 4.78 is 0. The molecule has 3 aromatic rings. The Labute approximate surface area is 235 Å². The molecule has 1 saturated heterocycles. The van der Waals surface area contributed by atoms with Crippen molar-refractivity contribution >= 4 is 22.9 Å². The molecule has 1 amide bonds. The first-order valence-electron chi connectivity index (χ1n) is 14.2. The molecule has 0 bridgehead atoms. The van der Waals surface area contributed by atoms with Gasteiger partial charge in [-0.2, -0.15) is 5.26 Å². The van der Waals surface area contributed by atoms with E-state index in [-0.39, 0.29) is 11.7 Å². The van der Waals surface area contributed by atoms with Crippen LogP contribution in [0.3, 0.4) is 0 Å². The van der Waals surface area contributed by atoms with Crippen LogP contribution in [0.4, 0.5) is 5.69 Å². The molecule has 2 unspecified atom stereocenters. The Balaban J connectivity index is 1.16. The number of para-hydroxylation sites is 2. The Morgan fingerprint density at radius 1 is 1.13 bits per heavy atom. The maximum absolute atomic E-state index is 12.5. The van der Waals surface area contributed by atoms with E-state index in [2.05, 4.69) is 58.4 Å². The number of anilines is 1. The number of rotatable bonds is 9. The minimum Gasteiger partial charge on any atom is -0.507 e. The van der Waals surface area contributed by atoms with E-state index in [1.54, 1.807) is 18.2 Å². The van der Waals surface area contributed by atoms with Gasteiger partial charge in [0.05, 0.1) is 11.1 Å². The summed E-state index contributed by atoms with van der Waals surface area (Å²) in [6, 6.07) is 20.4. The number of phenols is 1. The second kappa shape index (κ2) is 12.7. The van der Waals surface area contributed by atoms with E-state index in [9.17, 15) is 15.2 Å². The summed E-state index contributed by atoms with van der Waals surface area (Å²) in [5.41, 5.74) is 3.82. The lowest BCUT2D eigenvalue weighted by Gasteiger charge is -2.41. The van der Waals surface area contributed by atoms with Crippen LogP contribution in [0, 0.1) is 17.2 Å². The van der Waals surface area contributed by atoms with Gasteiger partial charge >= 0.3 is 0 Å². The molecule has 1 aromatic heterocycles. The van der Waals surface area contributed by atoms with Crippen molar-refractivity contribution in [3.05, 3.63) is 81.0 Å². The molecule has 204 valence electrons. The van der Waals surface area contributed by atoms with E-state index in [1.165, 1.54) is 27.1 Å². The number of aryl methyl sites for hydroxylation is 1. The van der Waals surface area contributed by atoms with Crippen LogP contribution in [0.15, 0.2) is 54.6 Å². The van der Waals surface area contributed by atoms with Crippen LogP contribution < -0.4 is 10.2 Å². The number of aromatic hydroxyl groups is 1. The Morgan fingerprint density at radius 2 is 1.87 bits per heavy atom. The highest BCUT2D eigenvalue weighted by Crippen LogP contribution is 2.37. The number of carbonyl (C=O) groups excluding carboxylic acids is 1. The molecule has 7 heteroatoms. The van der Waals surface area contributed by atoms with Crippen molar-refractivity contribution in [2.24, 2.45) is 5.92 Å². The summed E-state index contributed by atoms with van der Waals surface area (Å²) in [5.74, 6) is 0.0767. The van der Waals surface area contributed by atoms with Crippen LogP contribution in [0.5, 0.6) is 5.75 Å². The molecule has 2 heterocycles. The first-order chi connectivity index (χ1) is 19.1. The minimum absolute atomic E-state index is 0.00209. The van der Waals surface area contributed by atoms with Gasteiger partial charge < -0.3 is 15.3 Å². The monoisotopic (exact) mass is 542 g/mol. The maximum Gasteiger partial charge on any atom is 0.255 e. The predicted molar refractivity (Wildman–Crippen MR) is 158 cm³/mol. The van der Waals surface area contributed by atoms with Gasteiger partial charge in [0, 0.05) is 54.2 Å². The lowest BCUT2D eigenvalue weighted by Crippen LogP contribution is -2.51. The van der Waals surface area contributed by atoms with Crippen LogP contribution in [0.25, 0.3) is 0 Å². The fraction of sp³-hybridized carbons (Fsp3) is 0.438. The zero-order chi connectivity index (χ0) is 27.2. The molecule has 1 aliphatic carbocycles. The first-order valence-corrected chi connectivity index (χ1v) is 15.0. The smallest absolute Gasteiger partial charge is 0.255 e. The highest BCUT2D eigenvalue weighted by atomic mass is 32.1. The van der Waals surface area contributed by atoms with Crippen molar-refractivity contribution < 1.29 is 9.90 Å². The van der Waals surface area contributed by atoms with Gasteiger partial charge in [0.15, 0.2) is 0 Å². The van der Waals surface area contributed by atoms with Gasteiger partial charge in [0.25, 0.3) is 5.91 Å². The van der Waals surface area contributed by atoms with Crippen LogP contribution in [-0.4, -0.2) is 54.7 Å². The number of hydrogen-bond donors (Lipinski definition) is 2. The number of thiophene rings is 1. The van der Waals surface area contributed by atoms with Gasteiger partial charge in [-0.3, -0.25) is 9.69 Å². The number of phenolic OH excluding ortho intramolecular Hbond substituents is 1. The number of fused-ring (bicyclic) bond motifs is 1. The number of benzene rings is 2. The van der Waals surface area contributed by atoms with E-state index in [0.717, 1.165) is 70.3 Å². The van der Waals surface area contributed by atoms with Crippen molar-refractivity contribution in [3.8, 4) is 11.8 Å². The average Bonchev–Trinajstić information content (AvgIpc) is 3.34. The summed E-state index contributed by atoms with van der Waals surface area (Å²) in [7, 11) is 0.